The number of carbonyl (C=O) groups is 3. The maximum atomic E-state index is 13.1. The Hall–Kier alpha value is -4.13. The van der Waals surface area contributed by atoms with Crippen LogP contribution in [0.3, 0.4) is 0 Å². The fourth-order valence-corrected chi connectivity index (χ4v) is 3.96. The minimum Gasteiger partial charge on any atom is -0.484 e. The minimum atomic E-state index is -0.334. The zero-order chi connectivity index (χ0) is 24.1. The Balaban J connectivity index is 1.36. The van der Waals surface area contributed by atoms with E-state index in [1.807, 2.05) is 67.6 Å². The van der Waals surface area contributed by atoms with Gasteiger partial charge in [-0.2, -0.15) is 0 Å². The molecule has 3 amide bonds. The van der Waals surface area contributed by atoms with Crippen molar-refractivity contribution in [1.29, 1.82) is 0 Å². The molecule has 4 rings (SSSR count). The van der Waals surface area contributed by atoms with Gasteiger partial charge in [0.05, 0.1) is 17.9 Å². The third kappa shape index (κ3) is 5.26. The fraction of sp³-hybridized carbons (Fsp3) is 0.222. The molecule has 174 valence electrons. The van der Waals surface area contributed by atoms with Gasteiger partial charge in [0.1, 0.15) is 5.75 Å². The van der Waals surface area contributed by atoms with E-state index in [4.69, 9.17) is 4.74 Å². The second-order valence-corrected chi connectivity index (χ2v) is 8.31. The summed E-state index contributed by atoms with van der Waals surface area (Å²) in [4.78, 5) is 40.9. The van der Waals surface area contributed by atoms with Crippen LogP contribution in [-0.2, 0) is 14.4 Å². The van der Waals surface area contributed by atoms with Crippen molar-refractivity contribution in [3.8, 4) is 16.9 Å². The summed E-state index contributed by atoms with van der Waals surface area (Å²) < 4.78 is 5.65. The van der Waals surface area contributed by atoms with Crippen LogP contribution in [0.25, 0.3) is 11.1 Å². The lowest BCUT2D eigenvalue weighted by atomic mass is 10.1. The first-order chi connectivity index (χ1) is 16.4. The van der Waals surface area contributed by atoms with Crippen molar-refractivity contribution in [2.24, 2.45) is 0 Å². The first-order valence-electron chi connectivity index (χ1n) is 11.2. The average Bonchev–Trinajstić information content (AvgIpc) is 2.97. The molecule has 0 saturated carbocycles. The summed E-state index contributed by atoms with van der Waals surface area (Å²) in [6.07, 6.45) is 0.181. The van der Waals surface area contributed by atoms with Crippen LogP contribution >= 0.6 is 0 Å². The minimum absolute atomic E-state index is 0.123. The molecule has 1 aliphatic heterocycles. The molecule has 3 aromatic rings. The van der Waals surface area contributed by atoms with Gasteiger partial charge in [-0.3, -0.25) is 14.4 Å². The number of nitrogens with zero attached hydrogens (tertiary/aromatic N) is 2. The van der Waals surface area contributed by atoms with Crippen molar-refractivity contribution in [3.63, 3.8) is 0 Å². The Morgan fingerprint density at radius 2 is 1.62 bits per heavy atom. The molecule has 0 aromatic heterocycles. The highest BCUT2D eigenvalue weighted by Crippen LogP contribution is 2.31. The summed E-state index contributed by atoms with van der Waals surface area (Å²) in [5, 5.41) is 2.83. The van der Waals surface area contributed by atoms with Gasteiger partial charge >= 0.3 is 0 Å². The van der Waals surface area contributed by atoms with Gasteiger partial charge in [-0.05, 0) is 42.3 Å². The molecule has 0 aliphatic carbocycles. The fourth-order valence-electron chi connectivity index (χ4n) is 3.96. The second kappa shape index (κ2) is 10.2. The largest absolute Gasteiger partial charge is 0.484 e. The maximum Gasteiger partial charge on any atom is 0.260 e. The lowest BCUT2D eigenvalue weighted by molar-refractivity contribution is -0.135. The molecule has 1 atom stereocenters. The van der Waals surface area contributed by atoms with E-state index in [2.05, 4.69) is 5.32 Å². The van der Waals surface area contributed by atoms with E-state index in [1.54, 1.807) is 30.1 Å². The standard InChI is InChI=1S/C27H27N3O4/c1-19-16-25(31)28-23-10-6-7-11-24(23)30(19)26(32)17-29(2)27(33)18-34-22-14-12-21(13-15-22)20-8-4-3-5-9-20/h3-15,19H,16-18H2,1-2H3,(H,28,31)/t19-/m0/s1. The summed E-state index contributed by atoms with van der Waals surface area (Å²) in [7, 11) is 1.57. The number of para-hydroxylation sites is 2. The number of anilines is 2. The van der Waals surface area contributed by atoms with E-state index in [0.29, 0.717) is 17.1 Å². The third-order valence-corrected chi connectivity index (χ3v) is 5.75. The van der Waals surface area contributed by atoms with Gasteiger partial charge in [0, 0.05) is 19.5 Å². The quantitative estimate of drug-likeness (QED) is 0.608. The highest BCUT2D eigenvalue weighted by Gasteiger charge is 2.30. The van der Waals surface area contributed by atoms with Crippen LogP contribution < -0.4 is 15.0 Å². The summed E-state index contributed by atoms with van der Waals surface area (Å²) in [6.45, 7) is 1.52. The number of likely N-dealkylation sites (N-methyl/N-ethyl adjacent to an activating group) is 1. The predicted molar refractivity (Wildman–Crippen MR) is 132 cm³/mol. The number of rotatable bonds is 6. The van der Waals surface area contributed by atoms with Crippen LogP contribution in [0.15, 0.2) is 78.9 Å². The Morgan fingerprint density at radius 1 is 0.971 bits per heavy atom. The van der Waals surface area contributed by atoms with E-state index >= 15 is 0 Å². The van der Waals surface area contributed by atoms with Gasteiger partial charge in [0.2, 0.25) is 11.8 Å². The first-order valence-corrected chi connectivity index (χ1v) is 11.2. The highest BCUT2D eigenvalue weighted by molar-refractivity contribution is 6.05. The van der Waals surface area contributed by atoms with Crippen LogP contribution in [0.4, 0.5) is 11.4 Å². The molecule has 1 aliphatic rings. The lowest BCUT2D eigenvalue weighted by Crippen LogP contribution is -2.46. The van der Waals surface area contributed by atoms with Gasteiger partial charge in [0.25, 0.3) is 5.91 Å². The number of ether oxygens (including phenoxy) is 1. The van der Waals surface area contributed by atoms with Crippen LogP contribution in [-0.4, -0.2) is 48.9 Å². The van der Waals surface area contributed by atoms with E-state index < -0.39 is 0 Å². The van der Waals surface area contributed by atoms with Crippen molar-refractivity contribution in [2.75, 3.05) is 30.4 Å². The summed E-state index contributed by atoms with van der Waals surface area (Å²) in [5.74, 6) is -0.149. The maximum absolute atomic E-state index is 13.1. The molecule has 1 heterocycles. The van der Waals surface area contributed by atoms with Crippen molar-refractivity contribution in [2.45, 2.75) is 19.4 Å². The molecule has 1 N–H and O–H groups in total. The number of nitrogens with one attached hydrogen (secondary N) is 1. The third-order valence-electron chi connectivity index (χ3n) is 5.75. The van der Waals surface area contributed by atoms with Crippen molar-refractivity contribution < 1.29 is 19.1 Å². The van der Waals surface area contributed by atoms with Crippen LogP contribution in [0.2, 0.25) is 0 Å². The van der Waals surface area contributed by atoms with E-state index in [0.717, 1.165) is 11.1 Å². The molecular formula is C27H27N3O4. The molecule has 0 bridgehead atoms. The van der Waals surface area contributed by atoms with Gasteiger partial charge in [0.15, 0.2) is 6.61 Å². The van der Waals surface area contributed by atoms with E-state index in [-0.39, 0.29) is 43.3 Å². The van der Waals surface area contributed by atoms with E-state index in [1.165, 1.54) is 4.90 Å². The topological polar surface area (TPSA) is 79.0 Å². The summed E-state index contributed by atoms with van der Waals surface area (Å²) in [6, 6.07) is 24.3. The zero-order valence-electron chi connectivity index (χ0n) is 19.2. The molecule has 34 heavy (non-hydrogen) atoms. The molecular weight excluding hydrogens is 430 g/mol. The Morgan fingerprint density at radius 3 is 2.35 bits per heavy atom. The Kier molecular flexibility index (Phi) is 6.92. The van der Waals surface area contributed by atoms with Gasteiger partial charge in [-0.25, -0.2) is 0 Å². The first kappa shape index (κ1) is 23.0. The molecule has 7 heteroatoms. The Labute approximate surface area is 198 Å². The second-order valence-electron chi connectivity index (χ2n) is 8.31. The van der Waals surface area contributed by atoms with Crippen LogP contribution in [0.5, 0.6) is 5.75 Å². The SMILES string of the molecule is C[C@H]1CC(=O)Nc2ccccc2N1C(=O)CN(C)C(=O)COc1ccc(-c2ccccc2)cc1. The van der Waals surface area contributed by atoms with E-state index in [9.17, 15) is 14.4 Å². The number of hydrogen-bond acceptors (Lipinski definition) is 4. The normalized spacial score (nSPS) is 15.1. The zero-order valence-corrected chi connectivity index (χ0v) is 19.2. The monoisotopic (exact) mass is 457 g/mol. The summed E-state index contributed by atoms with van der Waals surface area (Å²) >= 11 is 0. The predicted octanol–water partition coefficient (Wildman–Crippen LogP) is 3.95. The molecule has 0 radical (unpaired) electrons. The van der Waals surface area contributed by atoms with Gasteiger partial charge < -0.3 is 19.9 Å². The van der Waals surface area contributed by atoms with Crippen molar-refractivity contribution in [3.05, 3.63) is 78.9 Å². The highest BCUT2D eigenvalue weighted by atomic mass is 16.5. The molecule has 0 saturated heterocycles. The van der Waals surface area contributed by atoms with Crippen LogP contribution in [0.1, 0.15) is 13.3 Å². The number of hydrogen-bond donors (Lipinski definition) is 1. The molecule has 0 fully saturated rings. The van der Waals surface area contributed by atoms with Gasteiger partial charge in [-0.1, -0.05) is 54.6 Å². The average molecular weight is 458 g/mol. The lowest BCUT2D eigenvalue weighted by Gasteiger charge is -2.29. The molecule has 3 aromatic carbocycles. The smallest absolute Gasteiger partial charge is 0.260 e. The Bertz CT molecular complexity index is 1180. The number of amides is 3. The number of carbonyl (C=O) groups excluding carboxylic acids is 3. The number of fused-ring (bicyclic) bond motifs is 1. The molecule has 0 unspecified atom stereocenters. The molecule has 0 spiro atoms. The number of benzene rings is 3. The molecule has 7 nitrogen and oxygen atoms in total. The van der Waals surface area contributed by atoms with Crippen molar-refractivity contribution >= 4 is 29.1 Å². The van der Waals surface area contributed by atoms with Gasteiger partial charge in [-0.15, -0.1) is 0 Å². The summed E-state index contributed by atoms with van der Waals surface area (Å²) in [5.41, 5.74) is 3.37. The van der Waals surface area contributed by atoms with Crippen LogP contribution in [0, 0.1) is 0 Å². The van der Waals surface area contributed by atoms with Crippen molar-refractivity contribution in [1.82, 2.24) is 4.90 Å².